The Morgan fingerprint density at radius 1 is 1.43 bits per heavy atom. The SMILES string of the molecule is C=C(C)C(=O)OCC(CCl)OC(=O)NCCCCN=C=O. The number of alkyl carbamates (subject to hydrolysis) is 1. The average molecular weight is 319 g/mol. The van der Waals surface area contributed by atoms with E-state index in [1.54, 1.807) is 0 Å². The maximum Gasteiger partial charge on any atom is 0.407 e. The van der Waals surface area contributed by atoms with Crippen LogP contribution in [0.3, 0.4) is 0 Å². The second-order valence-corrected chi connectivity index (χ2v) is 4.48. The lowest BCUT2D eigenvalue weighted by molar-refractivity contribution is -0.141. The molecule has 0 rings (SSSR count). The van der Waals surface area contributed by atoms with Gasteiger partial charge < -0.3 is 14.8 Å². The minimum atomic E-state index is -0.727. The third-order valence-corrected chi connectivity index (χ3v) is 2.57. The lowest BCUT2D eigenvalue weighted by Crippen LogP contribution is -2.33. The fourth-order valence-electron chi connectivity index (χ4n) is 1.15. The maximum absolute atomic E-state index is 11.4. The summed E-state index contributed by atoms with van der Waals surface area (Å²) in [7, 11) is 0. The number of alkyl halides is 1. The number of rotatable bonds is 10. The van der Waals surface area contributed by atoms with Crippen molar-refractivity contribution in [3.63, 3.8) is 0 Å². The van der Waals surface area contributed by atoms with Crippen LogP contribution in [0.5, 0.6) is 0 Å². The lowest BCUT2D eigenvalue weighted by atomic mass is 10.3. The molecule has 0 saturated heterocycles. The summed E-state index contributed by atoms with van der Waals surface area (Å²) < 4.78 is 9.83. The molecule has 0 aliphatic heterocycles. The Balaban J connectivity index is 3.85. The van der Waals surface area contributed by atoms with Crippen molar-refractivity contribution in [1.82, 2.24) is 5.32 Å². The van der Waals surface area contributed by atoms with Gasteiger partial charge >= 0.3 is 12.1 Å². The van der Waals surface area contributed by atoms with E-state index in [9.17, 15) is 14.4 Å². The van der Waals surface area contributed by atoms with E-state index in [0.29, 0.717) is 25.9 Å². The van der Waals surface area contributed by atoms with E-state index in [1.165, 1.54) is 13.0 Å². The number of hydrogen-bond acceptors (Lipinski definition) is 6. The molecule has 118 valence electrons. The zero-order valence-electron chi connectivity index (χ0n) is 11.9. The highest BCUT2D eigenvalue weighted by Gasteiger charge is 2.15. The summed E-state index contributed by atoms with van der Waals surface area (Å²) in [5, 5.41) is 2.52. The largest absolute Gasteiger partial charge is 0.458 e. The second-order valence-electron chi connectivity index (χ2n) is 4.17. The van der Waals surface area contributed by atoms with E-state index in [4.69, 9.17) is 21.1 Å². The van der Waals surface area contributed by atoms with Crippen molar-refractivity contribution in [1.29, 1.82) is 0 Å². The van der Waals surface area contributed by atoms with Crippen molar-refractivity contribution in [3.05, 3.63) is 12.2 Å². The van der Waals surface area contributed by atoms with Gasteiger partial charge in [-0.15, -0.1) is 11.6 Å². The highest BCUT2D eigenvalue weighted by atomic mass is 35.5. The molecule has 0 saturated carbocycles. The highest BCUT2D eigenvalue weighted by Crippen LogP contribution is 2.01. The molecule has 21 heavy (non-hydrogen) atoms. The number of carbonyl (C=O) groups is 2. The van der Waals surface area contributed by atoms with Crippen LogP contribution in [0.4, 0.5) is 4.79 Å². The van der Waals surface area contributed by atoms with Gasteiger partial charge in [0.25, 0.3) is 0 Å². The predicted octanol–water partition coefficient (Wildman–Crippen LogP) is 1.56. The Labute approximate surface area is 128 Å². The fraction of sp³-hybridized carbons (Fsp3) is 0.615. The van der Waals surface area contributed by atoms with Gasteiger partial charge in [-0.2, -0.15) is 0 Å². The van der Waals surface area contributed by atoms with E-state index >= 15 is 0 Å². The highest BCUT2D eigenvalue weighted by molar-refractivity contribution is 6.18. The summed E-state index contributed by atoms with van der Waals surface area (Å²) >= 11 is 5.63. The summed E-state index contributed by atoms with van der Waals surface area (Å²) in [5.41, 5.74) is 0.255. The molecule has 0 spiro atoms. The Hall–Kier alpha value is -1.85. The van der Waals surface area contributed by atoms with Crippen molar-refractivity contribution >= 4 is 29.7 Å². The standard InChI is InChI=1S/C13H19ClN2O5/c1-10(2)12(18)20-8-11(7-14)21-13(19)16-6-4-3-5-15-9-17/h11H,1,3-8H2,2H3,(H,16,19). The monoisotopic (exact) mass is 318 g/mol. The zero-order chi connectivity index (χ0) is 16.1. The summed E-state index contributed by atoms with van der Waals surface area (Å²) in [6.45, 7) is 5.58. The molecule has 0 radical (unpaired) electrons. The van der Waals surface area contributed by atoms with Gasteiger partial charge in [0.2, 0.25) is 6.08 Å². The van der Waals surface area contributed by atoms with Crippen molar-refractivity contribution in [2.75, 3.05) is 25.6 Å². The second kappa shape index (κ2) is 11.9. The van der Waals surface area contributed by atoms with Crippen LogP contribution in [0.2, 0.25) is 0 Å². The minimum absolute atomic E-state index is 0.00490. The molecular formula is C13H19ClN2O5. The topological polar surface area (TPSA) is 94.1 Å². The number of ether oxygens (including phenoxy) is 2. The number of unbranched alkanes of at least 4 members (excludes halogenated alkanes) is 1. The Kier molecular flexibility index (Phi) is 10.9. The first-order valence-corrected chi connectivity index (χ1v) is 6.91. The van der Waals surface area contributed by atoms with Crippen molar-refractivity contribution in [3.8, 4) is 0 Å². The molecule has 1 unspecified atom stereocenters. The van der Waals surface area contributed by atoms with Crippen LogP contribution in [0.1, 0.15) is 19.8 Å². The van der Waals surface area contributed by atoms with Gasteiger partial charge in [-0.1, -0.05) is 6.58 Å². The van der Waals surface area contributed by atoms with Gasteiger partial charge in [-0.3, -0.25) is 0 Å². The van der Waals surface area contributed by atoms with Crippen LogP contribution in [0.15, 0.2) is 17.1 Å². The fourth-order valence-corrected chi connectivity index (χ4v) is 1.30. The van der Waals surface area contributed by atoms with Gasteiger partial charge in [0.15, 0.2) is 6.10 Å². The van der Waals surface area contributed by atoms with E-state index in [2.05, 4.69) is 16.9 Å². The average Bonchev–Trinajstić information content (AvgIpc) is 2.46. The van der Waals surface area contributed by atoms with E-state index in [0.717, 1.165) is 0 Å². The molecule has 0 bridgehead atoms. The summed E-state index contributed by atoms with van der Waals surface area (Å²) in [6.07, 6.45) is 1.36. The molecule has 0 fully saturated rings. The van der Waals surface area contributed by atoms with Gasteiger partial charge in [-0.25, -0.2) is 19.4 Å². The number of hydrogen-bond donors (Lipinski definition) is 1. The van der Waals surface area contributed by atoms with Crippen LogP contribution < -0.4 is 5.32 Å². The van der Waals surface area contributed by atoms with Gasteiger partial charge in [0.05, 0.1) is 12.4 Å². The van der Waals surface area contributed by atoms with Crippen molar-refractivity contribution < 1.29 is 23.9 Å². The zero-order valence-corrected chi connectivity index (χ0v) is 12.6. The quantitative estimate of drug-likeness (QED) is 0.165. The number of nitrogens with one attached hydrogen (secondary N) is 1. The van der Waals surface area contributed by atoms with Crippen molar-refractivity contribution in [2.24, 2.45) is 4.99 Å². The van der Waals surface area contributed by atoms with Crippen LogP contribution in [-0.2, 0) is 19.1 Å². The van der Waals surface area contributed by atoms with Crippen LogP contribution >= 0.6 is 11.6 Å². The Morgan fingerprint density at radius 2 is 2.14 bits per heavy atom. The number of nitrogens with zero attached hydrogens (tertiary/aromatic N) is 1. The van der Waals surface area contributed by atoms with Gasteiger partial charge in [0, 0.05) is 12.1 Å². The number of halogens is 1. The van der Waals surface area contributed by atoms with Crippen LogP contribution in [0, 0.1) is 0 Å². The molecule has 0 aromatic carbocycles. The molecule has 0 aromatic heterocycles. The molecule has 1 N–H and O–H groups in total. The van der Waals surface area contributed by atoms with Gasteiger partial charge in [-0.05, 0) is 19.8 Å². The Bertz CT molecular complexity index is 407. The third kappa shape index (κ3) is 10.6. The lowest BCUT2D eigenvalue weighted by Gasteiger charge is -2.15. The molecule has 8 heteroatoms. The first kappa shape index (κ1) is 19.1. The molecule has 7 nitrogen and oxygen atoms in total. The molecule has 1 atom stereocenters. The minimum Gasteiger partial charge on any atom is -0.458 e. The first-order valence-electron chi connectivity index (χ1n) is 6.38. The van der Waals surface area contributed by atoms with E-state index < -0.39 is 18.2 Å². The predicted molar refractivity (Wildman–Crippen MR) is 77.0 cm³/mol. The molecule has 0 heterocycles. The first-order chi connectivity index (χ1) is 10.0. The molecule has 1 amide bonds. The van der Waals surface area contributed by atoms with Crippen LogP contribution in [0.25, 0.3) is 0 Å². The van der Waals surface area contributed by atoms with Gasteiger partial charge in [0.1, 0.15) is 6.61 Å². The summed E-state index contributed by atoms with van der Waals surface area (Å²) in [4.78, 5) is 35.8. The molecule has 0 aromatic rings. The maximum atomic E-state index is 11.4. The molecular weight excluding hydrogens is 300 g/mol. The van der Waals surface area contributed by atoms with Crippen molar-refractivity contribution in [2.45, 2.75) is 25.9 Å². The smallest absolute Gasteiger partial charge is 0.407 e. The normalized spacial score (nSPS) is 11.0. The number of carbonyl (C=O) groups excluding carboxylic acids is 3. The van der Waals surface area contributed by atoms with Crippen LogP contribution in [-0.4, -0.2) is 49.8 Å². The van der Waals surface area contributed by atoms with E-state index in [1.807, 2.05) is 0 Å². The number of amides is 1. The number of esters is 1. The molecule has 0 aliphatic carbocycles. The molecule has 0 aliphatic rings. The third-order valence-electron chi connectivity index (χ3n) is 2.23. The number of aliphatic imine (C=N–C) groups is 1. The summed E-state index contributed by atoms with van der Waals surface area (Å²) in [6, 6.07) is 0. The van der Waals surface area contributed by atoms with E-state index in [-0.39, 0.29) is 18.1 Å². The number of isocyanates is 1. The summed E-state index contributed by atoms with van der Waals surface area (Å²) in [5.74, 6) is -0.560. The Morgan fingerprint density at radius 3 is 2.71 bits per heavy atom.